The quantitative estimate of drug-likeness (QED) is 0.533. The highest BCUT2D eigenvalue weighted by Crippen LogP contribution is 1.98. The molecule has 5 heteroatoms. The molecule has 0 bridgehead atoms. The first kappa shape index (κ1) is 12.9. The van der Waals surface area contributed by atoms with Crippen LogP contribution in [0.25, 0.3) is 0 Å². The highest BCUT2D eigenvalue weighted by atomic mass is 16.3. The van der Waals surface area contributed by atoms with Crippen molar-refractivity contribution in [3.8, 4) is 0 Å². The van der Waals surface area contributed by atoms with Crippen LogP contribution in [0, 0.1) is 0 Å². The van der Waals surface area contributed by atoms with E-state index in [1.165, 1.54) is 0 Å². The normalized spacial score (nSPS) is 10.9. The number of hydrogen-bond donors (Lipinski definition) is 3. The zero-order valence-electron chi connectivity index (χ0n) is 8.89. The fraction of sp³-hybridized carbons (Fsp3) is 0.778. The van der Waals surface area contributed by atoms with E-state index in [0.717, 1.165) is 6.42 Å². The molecular formula is C9H18N2O3. The van der Waals surface area contributed by atoms with Crippen molar-refractivity contribution in [3.63, 3.8) is 0 Å². The topological polar surface area (TPSA) is 78.4 Å². The summed E-state index contributed by atoms with van der Waals surface area (Å²) in [5, 5.41) is 13.7. The van der Waals surface area contributed by atoms with Gasteiger partial charge in [-0.1, -0.05) is 6.92 Å². The van der Waals surface area contributed by atoms with Gasteiger partial charge in [0.1, 0.15) is 0 Å². The molecule has 0 saturated heterocycles. The SMILES string of the molecule is CCCNC(=O)C(=O)NC(C)(C)CO. The van der Waals surface area contributed by atoms with Gasteiger partial charge < -0.3 is 15.7 Å². The summed E-state index contributed by atoms with van der Waals surface area (Å²) in [5.41, 5.74) is -0.763. The molecule has 2 amide bonds. The average Bonchev–Trinajstić information content (AvgIpc) is 2.13. The van der Waals surface area contributed by atoms with Crippen LogP contribution in [0.5, 0.6) is 0 Å². The van der Waals surface area contributed by atoms with E-state index in [9.17, 15) is 9.59 Å². The Labute approximate surface area is 83.9 Å². The van der Waals surface area contributed by atoms with Gasteiger partial charge >= 0.3 is 11.8 Å². The molecule has 0 aromatic carbocycles. The minimum atomic E-state index is -0.763. The number of carbonyl (C=O) groups is 2. The molecule has 0 atom stereocenters. The Hall–Kier alpha value is -1.10. The summed E-state index contributed by atoms with van der Waals surface area (Å²) >= 11 is 0. The maximum atomic E-state index is 11.2. The standard InChI is InChI=1S/C9H18N2O3/c1-4-5-10-7(13)8(14)11-9(2,3)6-12/h12H,4-6H2,1-3H3,(H,10,13)(H,11,14). The van der Waals surface area contributed by atoms with Gasteiger partial charge in [0.25, 0.3) is 0 Å². The molecule has 0 saturated carbocycles. The Bertz CT molecular complexity index is 214. The third-order valence-electron chi connectivity index (χ3n) is 1.59. The van der Waals surface area contributed by atoms with Crippen LogP contribution in [0.15, 0.2) is 0 Å². The van der Waals surface area contributed by atoms with E-state index in [2.05, 4.69) is 10.6 Å². The van der Waals surface area contributed by atoms with Crippen molar-refractivity contribution < 1.29 is 14.7 Å². The van der Waals surface area contributed by atoms with Crippen LogP contribution >= 0.6 is 0 Å². The van der Waals surface area contributed by atoms with Crippen LogP contribution in [0.4, 0.5) is 0 Å². The fourth-order valence-electron chi connectivity index (χ4n) is 0.722. The minimum Gasteiger partial charge on any atom is -0.394 e. The van der Waals surface area contributed by atoms with E-state index < -0.39 is 17.4 Å². The second kappa shape index (κ2) is 5.59. The molecule has 0 fully saturated rings. The summed E-state index contributed by atoms with van der Waals surface area (Å²) in [7, 11) is 0. The lowest BCUT2D eigenvalue weighted by molar-refractivity contribution is -0.140. The third kappa shape index (κ3) is 4.81. The largest absolute Gasteiger partial charge is 0.394 e. The summed E-state index contributed by atoms with van der Waals surface area (Å²) < 4.78 is 0. The lowest BCUT2D eigenvalue weighted by atomic mass is 10.1. The van der Waals surface area contributed by atoms with Crippen molar-refractivity contribution in [1.82, 2.24) is 10.6 Å². The molecule has 3 N–H and O–H groups in total. The molecule has 0 aliphatic carbocycles. The van der Waals surface area contributed by atoms with Crippen LogP contribution in [0.1, 0.15) is 27.2 Å². The fourth-order valence-corrected chi connectivity index (χ4v) is 0.722. The van der Waals surface area contributed by atoms with Crippen molar-refractivity contribution in [1.29, 1.82) is 0 Å². The van der Waals surface area contributed by atoms with Gasteiger partial charge in [-0.3, -0.25) is 9.59 Å². The van der Waals surface area contributed by atoms with Gasteiger partial charge in [0.05, 0.1) is 12.1 Å². The number of nitrogens with one attached hydrogen (secondary N) is 2. The number of aliphatic hydroxyl groups is 1. The molecule has 0 radical (unpaired) electrons. The molecule has 0 aromatic rings. The van der Waals surface area contributed by atoms with Crippen molar-refractivity contribution in [3.05, 3.63) is 0 Å². The summed E-state index contributed by atoms with van der Waals surface area (Å²) in [6.07, 6.45) is 0.780. The number of amides is 2. The zero-order valence-corrected chi connectivity index (χ0v) is 8.89. The highest BCUT2D eigenvalue weighted by molar-refractivity contribution is 6.35. The summed E-state index contributed by atoms with van der Waals surface area (Å²) in [6, 6.07) is 0. The maximum absolute atomic E-state index is 11.2. The Morgan fingerprint density at radius 3 is 2.29 bits per heavy atom. The molecule has 0 rings (SSSR count). The lowest BCUT2D eigenvalue weighted by Gasteiger charge is -2.22. The maximum Gasteiger partial charge on any atom is 0.309 e. The predicted molar refractivity (Wildman–Crippen MR) is 52.6 cm³/mol. The number of carbonyl (C=O) groups excluding carboxylic acids is 2. The average molecular weight is 202 g/mol. The Kier molecular flexibility index (Phi) is 5.15. The monoisotopic (exact) mass is 202 g/mol. The Morgan fingerprint density at radius 1 is 1.29 bits per heavy atom. The second-order valence-electron chi connectivity index (χ2n) is 3.75. The van der Waals surface area contributed by atoms with Gasteiger partial charge in [0, 0.05) is 6.54 Å². The summed E-state index contributed by atoms with van der Waals surface area (Å²) in [4.78, 5) is 22.3. The van der Waals surface area contributed by atoms with Crippen LogP contribution in [-0.4, -0.2) is 35.6 Å². The first-order valence-electron chi connectivity index (χ1n) is 4.64. The van der Waals surface area contributed by atoms with E-state index in [0.29, 0.717) is 6.54 Å². The molecule has 5 nitrogen and oxygen atoms in total. The van der Waals surface area contributed by atoms with E-state index >= 15 is 0 Å². The molecule has 0 heterocycles. The van der Waals surface area contributed by atoms with Gasteiger partial charge in [0.2, 0.25) is 0 Å². The Balaban J connectivity index is 4.02. The van der Waals surface area contributed by atoms with Gasteiger partial charge in [-0.15, -0.1) is 0 Å². The van der Waals surface area contributed by atoms with Crippen molar-refractivity contribution in [2.45, 2.75) is 32.7 Å². The van der Waals surface area contributed by atoms with E-state index in [1.54, 1.807) is 13.8 Å². The molecule has 0 aromatic heterocycles. The van der Waals surface area contributed by atoms with Crippen LogP contribution in [-0.2, 0) is 9.59 Å². The molecule has 0 aliphatic rings. The first-order chi connectivity index (χ1) is 6.43. The van der Waals surface area contributed by atoms with Crippen LogP contribution < -0.4 is 10.6 Å². The second-order valence-corrected chi connectivity index (χ2v) is 3.75. The summed E-state index contributed by atoms with van der Waals surface area (Å²) in [6.45, 7) is 5.44. The highest BCUT2D eigenvalue weighted by Gasteiger charge is 2.22. The van der Waals surface area contributed by atoms with Gasteiger partial charge in [-0.05, 0) is 20.3 Å². The number of rotatable bonds is 4. The zero-order chi connectivity index (χ0) is 11.2. The minimum absolute atomic E-state index is 0.209. The van der Waals surface area contributed by atoms with Crippen LogP contribution in [0.2, 0.25) is 0 Å². The molecule has 14 heavy (non-hydrogen) atoms. The van der Waals surface area contributed by atoms with Gasteiger partial charge in [0.15, 0.2) is 0 Å². The smallest absolute Gasteiger partial charge is 0.309 e. The van der Waals surface area contributed by atoms with Gasteiger partial charge in [-0.2, -0.15) is 0 Å². The molecule has 82 valence electrons. The Morgan fingerprint density at radius 2 is 1.86 bits per heavy atom. The number of aliphatic hydroxyl groups excluding tert-OH is 1. The van der Waals surface area contributed by atoms with Gasteiger partial charge in [-0.25, -0.2) is 0 Å². The molecule has 0 unspecified atom stereocenters. The molecule has 0 aliphatic heterocycles. The lowest BCUT2D eigenvalue weighted by Crippen LogP contribution is -2.51. The first-order valence-corrected chi connectivity index (χ1v) is 4.64. The van der Waals surface area contributed by atoms with Crippen molar-refractivity contribution in [2.75, 3.05) is 13.2 Å². The summed E-state index contributed by atoms with van der Waals surface area (Å²) in [5.74, 6) is -1.37. The van der Waals surface area contributed by atoms with Crippen LogP contribution in [0.3, 0.4) is 0 Å². The van der Waals surface area contributed by atoms with E-state index in [4.69, 9.17) is 5.11 Å². The predicted octanol–water partition coefficient (Wildman–Crippen LogP) is -0.600. The van der Waals surface area contributed by atoms with Crippen molar-refractivity contribution >= 4 is 11.8 Å². The molecule has 0 spiro atoms. The molecular weight excluding hydrogens is 184 g/mol. The third-order valence-corrected chi connectivity index (χ3v) is 1.59. The van der Waals surface area contributed by atoms with Crippen molar-refractivity contribution in [2.24, 2.45) is 0 Å². The van der Waals surface area contributed by atoms with E-state index in [1.807, 2.05) is 6.92 Å². The number of hydrogen-bond acceptors (Lipinski definition) is 3. The van der Waals surface area contributed by atoms with E-state index in [-0.39, 0.29) is 6.61 Å².